The van der Waals surface area contributed by atoms with Crippen molar-refractivity contribution in [2.24, 2.45) is 0 Å². The maximum Gasteiger partial charge on any atom is 0.253 e. The van der Waals surface area contributed by atoms with E-state index in [0.717, 1.165) is 30.7 Å². The second-order valence-corrected chi connectivity index (χ2v) is 8.13. The third kappa shape index (κ3) is 5.18. The summed E-state index contributed by atoms with van der Waals surface area (Å²) in [6, 6.07) is 9.28. The summed E-state index contributed by atoms with van der Waals surface area (Å²) in [5.74, 6) is 2.09. The molecule has 0 unspecified atom stereocenters. The number of hydrogen-bond donors (Lipinski definition) is 2. The van der Waals surface area contributed by atoms with Gasteiger partial charge in [0.2, 0.25) is 6.79 Å². The normalized spacial score (nSPS) is 12.5. The molecule has 31 heavy (non-hydrogen) atoms. The first-order valence-corrected chi connectivity index (χ1v) is 10.6. The van der Waals surface area contributed by atoms with Crippen molar-refractivity contribution in [3.8, 4) is 11.5 Å². The van der Waals surface area contributed by atoms with Crippen molar-refractivity contribution >= 4 is 28.2 Å². The summed E-state index contributed by atoms with van der Waals surface area (Å²) in [4.78, 5) is 19.8. The SMILES string of the molecule is CN(C)CCCNC(=S)N(Cc1ccco1)Cc1cc2cc3c(cc2[nH]c1=O)OCO3. The zero-order valence-electron chi connectivity index (χ0n) is 17.6. The van der Waals surface area contributed by atoms with Crippen molar-refractivity contribution < 1.29 is 13.9 Å². The van der Waals surface area contributed by atoms with Crippen LogP contribution in [0.5, 0.6) is 11.5 Å². The van der Waals surface area contributed by atoms with Crippen LogP contribution in [0, 0.1) is 0 Å². The third-order valence-electron chi connectivity index (χ3n) is 5.05. The number of aromatic amines is 1. The Hall–Kier alpha value is -3.04. The predicted octanol–water partition coefficient (Wildman–Crippen LogP) is 2.68. The molecule has 2 aromatic heterocycles. The smallest absolute Gasteiger partial charge is 0.253 e. The number of nitrogens with zero attached hydrogens (tertiary/aromatic N) is 2. The Morgan fingerprint density at radius 1 is 1.19 bits per heavy atom. The molecular weight excluding hydrogens is 416 g/mol. The van der Waals surface area contributed by atoms with Gasteiger partial charge in [0.25, 0.3) is 5.56 Å². The molecule has 9 heteroatoms. The summed E-state index contributed by atoms with van der Waals surface area (Å²) in [6.45, 7) is 2.72. The molecule has 0 saturated heterocycles. The molecule has 3 heterocycles. The predicted molar refractivity (Wildman–Crippen MR) is 122 cm³/mol. The quantitative estimate of drug-likeness (QED) is 0.407. The molecule has 1 aromatic carbocycles. The lowest BCUT2D eigenvalue weighted by molar-refractivity contribution is 0.174. The van der Waals surface area contributed by atoms with Gasteiger partial charge in [-0.05, 0) is 63.5 Å². The van der Waals surface area contributed by atoms with E-state index in [1.54, 1.807) is 12.3 Å². The molecule has 164 valence electrons. The van der Waals surface area contributed by atoms with Gasteiger partial charge >= 0.3 is 0 Å². The Bertz CT molecular complexity index is 1110. The first kappa shape index (κ1) is 21.2. The molecule has 0 amide bonds. The molecule has 1 aliphatic heterocycles. The van der Waals surface area contributed by atoms with Gasteiger partial charge in [0.05, 0.1) is 24.9 Å². The number of nitrogens with one attached hydrogen (secondary N) is 2. The standard InChI is InChI=1S/C22H26N4O4S/c1-25(2)7-4-6-23-22(31)26(13-17-5-3-8-28-17)12-16-9-15-10-19-20(30-14-29-19)11-18(15)24-21(16)27/h3,5,8-11H,4,6-7,12-14H2,1-2H3,(H,23,31)(H,24,27). The second kappa shape index (κ2) is 9.40. The van der Waals surface area contributed by atoms with Gasteiger partial charge in [-0.25, -0.2) is 0 Å². The molecule has 0 spiro atoms. The second-order valence-electron chi connectivity index (χ2n) is 7.74. The van der Waals surface area contributed by atoms with Crippen LogP contribution in [0.25, 0.3) is 10.9 Å². The first-order chi connectivity index (χ1) is 15.0. The fourth-order valence-electron chi connectivity index (χ4n) is 3.46. The molecule has 0 aliphatic carbocycles. The highest BCUT2D eigenvalue weighted by Gasteiger charge is 2.18. The van der Waals surface area contributed by atoms with Crippen LogP contribution in [0.1, 0.15) is 17.7 Å². The monoisotopic (exact) mass is 442 g/mol. The van der Waals surface area contributed by atoms with Gasteiger partial charge in [0.15, 0.2) is 16.6 Å². The minimum absolute atomic E-state index is 0.161. The number of H-pyrrole nitrogens is 1. The Morgan fingerprint density at radius 2 is 2.00 bits per heavy atom. The lowest BCUT2D eigenvalue weighted by Gasteiger charge is -2.25. The maximum atomic E-state index is 12.8. The van der Waals surface area contributed by atoms with Crippen molar-refractivity contribution in [1.82, 2.24) is 20.1 Å². The summed E-state index contributed by atoms with van der Waals surface area (Å²) in [6.07, 6.45) is 2.60. The van der Waals surface area contributed by atoms with Gasteiger partial charge in [0.1, 0.15) is 5.76 Å². The van der Waals surface area contributed by atoms with E-state index in [1.807, 2.05) is 43.3 Å². The van der Waals surface area contributed by atoms with Gasteiger partial charge in [-0.3, -0.25) is 4.79 Å². The maximum absolute atomic E-state index is 12.8. The molecule has 3 aromatic rings. The number of hydrogen-bond acceptors (Lipinski definition) is 6. The van der Waals surface area contributed by atoms with E-state index in [9.17, 15) is 4.79 Å². The van der Waals surface area contributed by atoms with Crippen LogP contribution in [0.2, 0.25) is 0 Å². The number of aromatic nitrogens is 1. The average Bonchev–Trinajstić information content (AvgIpc) is 3.40. The van der Waals surface area contributed by atoms with Crippen molar-refractivity contribution in [3.05, 3.63) is 58.3 Å². The summed E-state index contributed by atoms with van der Waals surface area (Å²) < 4.78 is 16.4. The molecule has 4 rings (SSSR count). The summed E-state index contributed by atoms with van der Waals surface area (Å²) in [5.41, 5.74) is 1.15. The minimum atomic E-state index is -0.161. The van der Waals surface area contributed by atoms with E-state index in [0.29, 0.717) is 40.8 Å². The van der Waals surface area contributed by atoms with Crippen LogP contribution in [0.15, 0.2) is 45.8 Å². The molecule has 0 atom stereocenters. The average molecular weight is 443 g/mol. The fraction of sp³-hybridized carbons (Fsp3) is 0.364. The van der Waals surface area contributed by atoms with Crippen LogP contribution in [-0.4, -0.2) is 53.9 Å². The molecule has 1 aliphatic rings. The Labute approximate surface area is 185 Å². The molecule has 0 saturated carbocycles. The molecule has 0 radical (unpaired) electrons. The number of fused-ring (bicyclic) bond motifs is 2. The van der Waals surface area contributed by atoms with Crippen LogP contribution in [0.4, 0.5) is 0 Å². The first-order valence-electron chi connectivity index (χ1n) is 10.1. The van der Waals surface area contributed by atoms with Gasteiger partial charge in [-0.15, -0.1) is 0 Å². The highest BCUT2D eigenvalue weighted by molar-refractivity contribution is 7.80. The Kier molecular flexibility index (Phi) is 6.43. The lowest BCUT2D eigenvalue weighted by atomic mass is 10.1. The topological polar surface area (TPSA) is 83.0 Å². The summed E-state index contributed by atoms with van der Waals surface area (Å²) in [5, 5.41) is 4.76. The highest BCUT2D eigenvalue weighted by atomic mass is 32.1. The van der Waals surface area contributed by atoms with E-state index in [4.69, 9.17) is 26.1 Å². The van der Waals surface area contributed by atoms with E-state index in [1.165, 1.54) is 0 Å². The van der Waals surface area contributed by atoms with E-state index >= 15 is 0 Å². The highest BCUT2D eigenvalue weighted by Crippen LogP contribution is 2.35. The van der Waals surface area contributed by atoms with Gasteiger partial charge in [-0.1, -0.05) is 0 Å². The van der Waals surface area contributed by atoms with E-state index in [-0.39, 0.29) is 12.4 Å². The van der Waals surface area contributed by atoms with Crippen molar-refractivity contribution in [2.45, 2.75) is 19.5 Å². The molecule has 2 N–H and O–H groups in total. The van der Waals surface area contributed by atoms with Gasteiger partial charge in [-0.2, -0.15) is 0 Å². The molecule has 0 fully saturated rings. The van der Waals surface area contributed by atoms with Crippen molar-refractivity contribution in [2.75, 3.05) is 34.0 Å². The van der Waals surface area contributed by atoms with Crippen LogP contribution < -0.4 is 20.3 Å². The Balaban J connectivity index is 1.54. The number of ether oxygens (including phenoxy) is 2. The third-order valence-corrected chi connectivity index (χ3v) is 5.45. The van der Waals surface area contributed by atoms with E-state index in [2.05, 4.69) is 15.2 Å². The van der Waals surface area contributed by atoms with Gasteiger partial charge in [0, 0.05) is 23.6 Å². The van der Waals surface area contributed by atoms with E-state index < -0.39 is 0 Å². The number of furan rings is 1. The summed E-state index contributed by atoms with van der Waals surface area (Å²) in [7, 11) is 4.08. The number of rotatable bonds is 8. The fourth-order valence-corrected chi connectivity index (χ4v) is 3.69. The molecular formula is C22H26N4O4S. The largest absolute Gasteiger partial charge is 0.467 e. The number of thiocarbonyl (C=S) groups is 1. The minimum Gasteiger partial charge on any atom is -0.467 e. The Morgan fingerprint density at radius 3 is 2.74 bits per heavy atom. The zero-order chi connectivity index (χ0) is 21.8. The van der Waals surface area contributed by atoms with Crippen LogP contribution in [-0.2, 0) is 13.1 Å². The lowest BCUT2D eigenvalue weighted by Crippen LogP contribution is -2.40. The van der Waals surface area contributed by atoms with Crippen molar-refractivity contribution in [3.63, 3.8) is 0 Å². The van der Waals surface area contributed by atoms with Crippen LogP contribution in [0.3, 0.4) is 0 Å². The summed E-state index contributed by atoms with van der Waals surface area (Å²) >= 11 is 5.64. The number of benzene rings is 1. The molecule has 0 bridgehead atoms. The van der Waals surface area contributed by atoms with Crippen molar-refractivity contribution in [1.29, 1.82) is 0 Å². The number of pyridine rings is 1. The zero-order valence-corrected chi connectivity index (χ0v) is 18.5. The molecule has 8 nitrogen and oxygen atoms in total. The van der Waals surface area contributed by atoms with Crippen LogP contribution >= 0.6 is 12.2 Å². The van der Waals surface area contributed by atoms with Gasteiger partial charge < -0.3 is 34.0 Å².